The Morgan fingerprint density at radius 2 is 2.19 bits per heavy atom. The van der Waals surface area contributed by atoms with E-state index >= 15 is 0 Å². The molecule has 0 atom stereocenters. The minimum absolute atomic E-state index is 0.249. The van der Waals surface area contributed by atoms with Crippen molar-refractivity contribution in [1.29, 1.82) is 0 Å². The summed E-state index contributed by atoms with van der Waals surface area (Å²) in [7, 11) is 2.10. The first kappa shape index (κ1) is 11.9. The Balaban J connectivity index is 1.81. The number of ether oxygens (including phenoxy) is 1. The van der Waals surface area contributed by atoms with Crippen molar-refractivity contribution >= 4 is 23.2 Å². The van der Waals surface area contributed by atoms with Crippen LogP contribution in [0.25, 0.3) is 0 Å². The highest BCUT2D eigenvalue weighted by atomic mass is 35.5. The van der Waals surface area contributed by atoms with Gasteiger partial charge in [0.05, 0.1) is 0 Å². The molecule has 0 bridgehead atoms. The number of likely N-dealkylation sites (N-methyl/N-ethyl adjacent to an activating group) is 1. The molecule has 0 aliphatic heterocycles. The largest absolute Gasteiger partial charge is 0.489 e. The van der Waals surface area contributed by atoms with Gasteiger partial charge in [-0.3, -0.25) is 0 Å². The second kappa shape index (κ2) is 5.17. The Morgan fingerprint density at radius 3 is 2.88 bits per heavy atom. The quantitative estimate of drug-likeness (QED) is 0.815. The molecule has 0 spiro atoms. The minimum Gasteiger partial charge on any atom is -0.489 e. The minimum atomic E-state index is 0.249. The van der Waals surface area contributed by atoms with Crippen LogP contribution in [-0.2, 0) is 0 Å². The van der Waals surface area contributed by atoms with Gasteiger partial charge < -0.3 is 9.64 Å². The Bertz CT molecular complexity index is 371. The van der Waals surface area contributed by atoms with Crippen molar-refractivity contribution < 1.29 is 4.74 Å². The van der Waals surface area contributed by atoms with Crippen LogP contribution >= 0.6 is 23.2 Å². The maximum Gasteiger partial charge on any atom is 0.193 e. The molecule has 1 heterocycles. The topological polar surface area (TPSA) is 38.2 Å². The highest BCUT2D eigenvalue weighted by Gasteiger charge is 2.25. The highest BCUT2D eigenvalue weighted by Crippen LogP contribution is 2.26. The maximum absolute atomic E-state index is 5.82. The second-order valence-corrected chi connectivity index (χ2v) is 4.63. The van der Waals surface area contributed by atoms with Crippen molar-refractivity contribution in [2.45, 2.75) is 18.9 Å². The van der Waals surface area contributed by atoms with Gasteiger partial charge in [0.25, 0.3) is 0 Å². The summed E-state index contributed by atoms with van der Waals surface area (Å²) in [5.74, 6) is 0.492. The summed E-state index contributed by atoms with van der Waals surface area (Å²) in [5, 5.41) is 7.82. The summed E-state index contributed by atoms with van der Waals surface area (Å²) in [4.78, 5) is 2.28. The zero-order valence-electron chi connectivity index (χ0n) is 8.99. The Hall–Kier alpha value is -0.580. The maximum atomic E-state index is 5.82. The smallest absolute Gasteiger partial charge is 0.193 e. The predicted octanol–water partition coefficient (Wildman–Crippen LogP) is 2.26. The van der Waals surface area contributed by atoms with Gasteiger partial charge in [-0.1, -0.05) is 23.2 Å². The van der Waals surface area contributed by atoms with E-state index in [1.165, 1.54) is 12.8 Å². The van der Waals surface area contributed by atoms with Crippen LogP contribution in [0.5, 0.6) is 5.75 Å². The Kier molecular flexibility index (Phi) is 3.84. The van der Waals surface area contributed by atoms with E-state index in [0.717, 1.165) is 12.6 Å². The average Bonchev–Trinajstić information content (AvgIpc) is 3.06. The van der Waals surface area contributed by atoms with E-state index in [1.54, 1.807) is 6.07 Å². The fraction of sp³-hybridized carbons (Fsp3) is 0.600. The molecule has 1 aromatic rings. The van der Waals surface area contributed by atoms with Crippen LogP contribution in [-0.4, -0.2) is 41.3 Å². The molecule has 0 N–H and O–H groups in total. The van der Waals surface area contributed by atoms with Gasteiger partial charge in [-0.25, -0.2) is 0 Å². The first-order valence-electron chi connectivity index (χ1n) is 5.18. The van der Waals surface area contributed by atoms with Gasteiger partial charge in [0.1, 0.15) is 6.61 Å². The highest BCUT2D eigenvalue weighted by molar-refractivity contribution is 6.32. The number of hydrogen-bond donors (Lipinski definition) is 0. The van der Waals surface area contributed by atoms with Gasteiger partial charge in [0.15, 0.2) is 16.1 Å². The number of rotatable bonds is 5. The van der Waals surface area contributed by atoms with Crippen molar-refractivity contribution in [1.82, 2.24) is 15.1 Å². The van der Waals surface area contributed by atoms with Crippen LogP contribution < -0.4 is 4.74 Å². The number of aromatic nitrogens is 2. The van der Waals surface area contributed by atoms with E-state index in [4.69, 9.17) is 27.9 Å². The van der Waals surface area contributed by atoms with Crippen LogP contribution in [0.4, 0.5) is 0 Å². The summed E-state index contributed by atoms with van der Waals surface area (Å²) in [5.41, 5.74) is 0. The molecule has 0 radical (unpaired) electrons. The molecule has 1 fully saturated rings. The molecule has 0 aromatic carbocycles. The van der Waals surface area contributed by atoms with Crippen LogP contribution in [0.2, 0.25) is 10.3 Å². The molecule has 16 heavy (non-hydrogen) atoms. The first-order chi connectivity index (χ1) is 7.66. The number of nitrogens with zero attached hydrogens (tertiary/aromatic N) is 3. The lowest BCUT2D eigenvalue weighted by Crippen LogP contribution is -2.26. The normalized spacial score (nSPS) is 15.5. The van der Waals surface area contributed by atoms with Gasteiger partial charge in [-0.15, -0.1) is 10.2 Å². The first-order valence-corrected chi connectivity index (χ1v) is 5.94. The Morgan fingerprint density at radius 1 is 1.44 bits per heavy atom. The monoisotopic (exact) mass is 261 g/mol. The van der Waals surface area contributed by atoms with Crippen LogP contribution in [0.15, 0.2) is 6.07 Å². The summed E-state index contributed by atoms with van der Waals surface area (Å²) in [6.07, 6.45) is 2.58. The van der Waals surface area contributed by atoms with Gasteiger partial charge in [-0.05, 0) is 19.9 Å². The van der Waals surface area contributed by atoms with Crippen molar-refractivity contribution in [2.75, 3.05) is 20.2 Å². The van der Waals surface area contributed by atoms with Gasteiger partial charge in [-0.2, -0.15) is 0 Å². The average molecular weight is 262 g/mol. The van der Waals surface area contributed by atoms with E-state index < -0.39 is 0 Å². The van der Waals surface area contributed by atoms with E-state index in [2.05, 4.69) is 22.1 Å². The van der Waals surface area contributed by atoms with Crippen LogP contribution in [0.3, 0.4) is 0 Å². The molecule has 0 unspecified atom stereocenters. The lowest BCUT2D eigenvalue weighted by Gasteiger charge is -2.15. The second-order valence-electron chi connectivity index (χ2n) is 3.88. The Labute approximate surface area is 105 Å². The fourth-order valence-corrected chi connectivity index (χ4v) is 1.72. The summed E-state index contributed by atoms with van der Waals surface area (Å²) < 4.78 is 5.51. The van der Waals surface area contributed by atoms with Crippen LogP contribution in [0, 0.1) is 0 Å². The van der Waals surface area contributed by atoms with E-state index in [-0.39, 0.29) is 10.3 Å². The van der Waals surface area contributed by atoms with E-state index in [0.29, 0.717) is 12.4 Å². The van der Waals surface area contributed by atoms with E-state index in [9.17, 15) is 0 Å². The zero-order chi connectivity index (χ0) is 11.5. The third kappa shape index (κ3) is 3.20. The lowest BCUT2D eigenvalue weighted by atomic mass is 10.5. The molecule has 6 heteroatoms. The third-order valence-electron chi connectivity index (χ3n) is 2.56. The van der Waals surface area contributed by atoms with Crippen molar-refractivity contribution in [3.8, 4) is 5.75 Å². The van der Waals surface area contributed by atoms with Gasteiger partial charge in [0.2, 0.25) is 0 Å². The fourth-order valence-electron chi connectivity index (χ4n) is 1.44. The molecule has 0 amide bonds. The molecular weight excluding hydrogens is 249 g/mol. The molecule has 2 rings (SSSR count). The molecule has 1 aliphatic carbocycles. The molecular formula is C10H13Cl2N3O. The lowest BCUT2D eigenvalue weighted by molar-refractivity contribution is 0.231. The summed E-state index contributed by atoms with van der Waals surface area (Å²) in [6.45, 7) is 1.45. The molecule has 1 aliphatic rings. The van der Waals surface area contributed by atoms with Crippen LogP contribution in [0.1, 0.15) is 12.8 Å². The molecule has 1 aromatic heterocycles. The van der Waals surface area contributed by atoms with Gasteiger partial charge >= 0.3 is 0 Å². The van der Waals surface area contributed by atoms with Gasteiger partial charge in [0, 0.05) is 18.7 Å². The van der Waals surface area contributed by atoms with E-state index in [1.807, 2.05) is 0 Å². The summed E-state index contributed by atoms with van der Waals surface area (Å²) in [6, 6.07) is 2.31. The van der Waals surface area contributed by atoms with Crippen molar-refractivity contribution in [3.63, 3.8) is 0 Å². The predicted molar refractivity (Wildman–Crippen MR) is 63.2 cm³/mol. The summed E-state index contributed by atoms with van der Waals surface area (Å²) >= 11 is 11.5. The molecule has 4 nitrogen and oxygen atoms in total. The number of halogens is 2. The molecule has 1 saturated carbocycles. The third-order valence-corrected chi connectivity index (χ3v) is 3.01. The molecule has 88 valence electrons. The SMILES string of the molecule is CN(CCOc1cc(Cl)nnc1Cl)C1CC1. The zero-order valence-corrected chi connectivity index (χ0v) is 10.5. The standard InChI is InChI=1S/C10H13Cl2N3O/c1-15(7-2-3-7)4-5-16-8-6-9(11)13-14-10(8)12/h6-7H,2-5H2,1H3. The van der Waals surface area contributed by atoms with Crippen molar-refractivity contribution in [3.05, 3.63) is 16.4 Å². The molecule has 0 saturated heterocycles. The number of hydrogen-bond acceptors (Lipinski definition) is 4. The van der Waals surface area contributed by atoms with Crippen molar-refractivity contribution in [2.24, 2.45) is 0 Å².